The quantitative estimate of drug-likeness (QED) is 0.361. The van der Waals surface area contributed by atoms with Gasteiger partial charge in [-0.15, -0.1) is 0 Å². The largest absolute Gasteiger partial charge is 0.345 e. The lowest BCUT2D eigenvalue weighted by Gasteiger charge is -2.17. The number of nitrogens with zero attached hydrogens (tertiary/aromatic N) is 3. The summed E-state index contributed by atoms with van der Waals surface area (Å²) in [5.41, 5.74) is 3.28. The second-order valence-corrected chi connectivity index (χ2v) is 8.70. The molecule has 1 N–H and O–H groups in total. The lowest BCUT2D eigenvalue weighted by atomic mass is 10.1. The zero-order chi connectivity index (χ0) is 24.1. The van der Waals surface area contributed by atoms with E-state index in [1.807, 2.05) is 65.2 Å². The van der Waals surface area contributed by atoms with Crippen LogP contribution in [0.1, 0.15) is 22.3 Å². The van der Waals surface area contributed by atoms with Crippen LogP contribution in [0.25, 0.3) is 11.0 Å². The molecule has 0 spiro atoms. The van der Waals surface area contributed by atoms with Gasteiger partial charge in [0, 0.05) is 25.7 Å². The fourth-order valence-corrected chi connectivity index (χ4v) is 4.36. The van der Waals surface area contributed by atoms with E-state index >= 15 is 0 Å². The second kappa shape index (κ2) is 10.5. The molecule has 0 aliphatic carbocycles. The zero-order valence-electron chi connectivity index (χ0n) is 19.1. The Bertz CT molecular complexity index is 1360. The molecule has 0 saturated heterocycles. The predicted molar refractivity (Wildman–Crippen MR) is 134 cm³/mol. The van der Waals surface area contributed by atoms with Crippen LogP contribution in [0.5, 0.6) is 0 Å². The van der Waals surface area contributed by atoms with Gasteiger partial charge >= 0.3 is 0 Å². The molecule has 0 radical (unpaired) electrons. The number of carbonyl (C=O) groups excluding carboxylic acids is 2. The minimum absolute atomic E-state index is 0.0521. The van der Waals surface area contributed by atoms with Crippen LogP contribution in [0, 0.1) is 5.41 Å². The molecule has 174 valence electrons. The molecule has 3 aromatic carbocycles. The van der Waals surface area contributed by atoms with Gasteiger partial charge in [-0.1, -0.05) is 78.3 Å². The number of nitrogens with one attached hydrogen (secondary N) is 1. The lowest BCUT2D eigenvalue weighted by molar-refractivity contribution is -0.129. The van der Waals surface area contributed by atoms with Crippen LogP contribution in [-0.4, -0.2) is 39.3 Å². The molecule has 34 heavy (non-hydrogen) atoms. The van der Waals surface area contributed by atoms with Crippen molar-refractivity contribution in [1.82, 2.24) is 14.0 Å². The van der Waals surface area contributed by atoms with Crippen molar-refractivity contribution in [2.75, 3.05) is 13.6 Å². The summed E-state index contributed by atoms with van der Waals surface area (Å²) in [4.78, 5) is 27.1. The van der Waals surface area contributed by atoms with Crippen molar-refractivity contribution in [1.29, 1.82) is 5.41 Å². The number of ketones is 1. The Morgan fingerprint density at radius 1 is 0.912 bits per heavy atom. The first kappa shape index (κ1) is 23.5. The summed E-state index contributed by atoms with van der Waals surface area (Å²) in [7, 11) is 1.80. The minimum atomic E-state index is -0.0654. The molecule has 1 amide bonds. The maximum absolute atomic E-state index is 12.8. The lowest BCUT2D eigenvalue weighted by Crippen LogP contribution is -2.31. The third-order valence-electron chi connectivity index (χ3n) is 5.93. The van der Waals surface area contributed by atoms with Gasteiger partial charge in [0.25, 0.3) is 0 Å². The Morgan fingerprint density at radius 3 is 2.29 bits per heavy atom. The average molecular weight is 475 g/mol. The number of imidazole rings is 1. The Balaban J connectivity index is 1.50. The van der Waals surface area contributed by atoms with E-state index in [2.05, 4.69) is 0 Å². The topological polar surface area (TPSA) is 71.1 Å². The van der Waals surface area contributed by atoms with E-state index < -0.39 is 0 Å². The number of benzene rings is 3. The maximum Gasteiger partial charge on any atom is 0.226 e. The third-order valence-corrected chi connectivity index (χ3v) is 6.24. The highest BCUT2D eigenvalue weighted by atomic mass is 35.5. The SMILES string of the molecule is CN(CCCn1c(=N)n(CC(=O)c2ccccc2)c2cccc(Cl)c21)C(=O)Cc1ccccc1. The highest BCUT2D eigenvalue weighted by Gasteiger charge is 2.17. The van der Waals surface area contributed by atoms with Crippen molar-refractivity contribution in [3.63, 3.8) is 0 Å². The highest BCUT2D eigenvalue weighted by molar-refractivity contribution is 6.35. The van der Waals surface area contributed by atoms with Gasteiger partial charge in [-0.25, -0.2) is 0 Å². The van der Waals surface area contributed by atoms with Crippen molar-refractivity contribution in [2.24, 2.45) is 0 Å². The number of hydrogen-bond acceptors (Lipinski definition) is 3. The van der Waals surface area contributed by atoms with Gasteiger partial charge in [-0.3, -0.25) is 15.0 Å². The van der Waals surface area contributed by atoms with Crippen LogP contribution in [-0.2, 0) is 24.3 Å². The predicted octanol–water partition coefficient (Wildman–Crippen LogP) is 4.55. The number of rotatable bonds is 9. The van der Waals surface area contributed by atoms with E-state index in [0.717, 1.165) is 16.6 Å². The molecule has 4 rings (SSSR count). The van der Waals surface area contributed by atoms with Crippen LogP contribution >= 0.6 is 11.6 Å². The summed E-state index contributed by atoms with van der Waals surface area (Å²) in [6.45, 7) is 1.12. The Morgan fingerprint density at radius 2 is 1.59 bits per heavy atom. The highest BCUT2D eigenvalue weighted by Crippen LogP contribution is 2.23. The summed E-state index contributed by atoms with van der Waals surface area (Å²) < 4.78 is 3.52. The van der Waals surface area contributed by atoms with E-state index in [-0.39, 0.29) is 23.9 Å². The summed E-state index contributed by atoms with van der Waals surface area (Å²) in [6, 6.07) is 24.3. The average Bonchev–Trinajstić information content (AvgIpc) is 3.12. The van der Waals surface area contributed by atoms with Crippen molar-refractivity contribution in [3.05, 3.63) is 101 Å². The van der Waals surface area contributed by atoms with Crippen LogP contribution < -0.4 is 5.62 Å². The van der Waals surface area contributed by atoms with Gasteiger partial charge in [-0.05, 0) is 24.1 Å². The summed E-state index contributed by atoms with van der Waals surface area (Å²) in [6.07, 6.45) is 1.02. The summed E-state index contributed by atoms with van der Waals surface area (Å²) in [5.74, 6) is -0.0133. The number of aryl methyl sites for hydroxylation is 1. The first-order chi connectivity index (χ1) is 16.5. The Kier molecular flexibility index (Phi) is 7.28. The molecular formula is C27H27ClN4O2. The number of amides is 1. The molecule has 0 atom stereocenters. The molecule has 0 fully saturated rings. The molecule has 1 heterocycles. The van der Waals surface area contributed by atoms with E-state index in [4.69, 9.17) is 17.0 Å². The van der Waals surface area contributed by atoms with Crippen LogP contribution in [0.3, 0.4) is 0 Å². The molecule has 0 aliphatic rings. The van der Waals surface area contributed by atoms with Gasteiger partial charge in [0.1, 0.15) is 0 Å². The monoisotopic (exact) mass is 474 g/mol. The third kappa shape index (κ3) is 5.13. The standard InChI is InChI=1S/C27H27ClN4O2/c1-30(25(34)18-20-10-4-2-5-11-20)16-9-17-31-26-22(28)14-8-15-23(26)32(27(31)29)19-24(33)21-12-6-3-7-13-21/h2-8,10-15,29H,9,16-19H2,1H3. The first-order valence-electron chi connectivity index (χ1n) is 11.2. The van der Waals surface area contributed by atoms with Crippen molar-refractivity contribution in [2.45, 2.75) is 25.9 Å². The summed E-state index contributed by atoms with van der Waals surface area (Å²) in [5, 5.41) is 9.31. The van der Waals surface area contributed by atoms with Gasteiger partial charge in [-0.2, -0.15) is 0 Å². The maximum atomic E-state index is 12.8. The van der Waals surface area contributed by atoms with Crippen LogP contribution in [0.2, 0.25) is 5.02 Å². The van der Waals surface area contributed by atoms with Crippen LogP contribution in [0.4, 0.5) is 0 Å². The van der Waals surface area contributed by atoms with Crippen molar-refractivity contribution in [3.8, 4) is 0 Å². The van der Waals surface area contributed by atoms with Crippen molar-refractivity contribution >= 4 is 34.3 Å². The number of aromatic nitrogens is 2. The number of carbonyl (C=O) groups is 2. The molecule has 0 bridgehead atoms. The number of likely N-dealkylation sites (N-methyl/N-ethyl adjacent to an activating group) is 1. The zero-order valence-corrected chi connectivity index (χ0v) is 19.8. The fraction of sp³-hybridized carbons (Fsp3) is 0.222. The fourth-order valence-electron chi connectivity index (χ4n) is 4.09. The molecule has 4 aromatic rings. The first-order valence-corrected chi connectivity index (χ1v) is 11.6. The molecule has 0 aliphatic heterocycles. The normalized spacial score (nSPS) is 11.0. The van der Waals surface area contributed by atoms with Crippen LogP contribution in [0.15, 0.2) is 78.9 Å². The molecular weight excluding hydrogens is 448 g/mol. The summed E-state index contributed by atoms with van der Waals surface area (Å²) >= 11 is 6.52. The van der Waals surface area contributed by atoms with Gasteiger partial charge in [0.05, 0.1) is 29.0 Å². The van der Waals surface area contributed by atoms with E-state index in [0.29, 0.717) is 36.5 Å². The molecule has 0 unspecified atom stereocenters. The number of para-hydroxylation sites is 1. The number of Topliss-reactive ketones (excluding diaryl/α,β-unsaturated/α-hetero) is 1. The molecule has 1 aromatic heterocycles. The Hall–Kier alpha value is -3.64. The van der Waals surface area contributed by atoms with E-state index in [1.165, 1.54) is 0 Å². The number of hydrogen-bond donors (Lipinski definition) is 1. The van der Waals surface area contributed by atoms with E-state index in [9.17, 15) is 9.59 Å². The van der Waals surface area contributed by atoms with Gasteiger partial charge in [0.15, 0.2) is 5.78 Å². The van der Waals surface area contributed by atoms with Crippen molar-refractivity contribution < 1.29 is 9.59 Å². The minimum Gasteiger partial charge on any atom is -0.345 e. The van der Waals surface area contributed by atoms with Gasteiger partial charge in [0.2, 0.25) is 11.5 Å². The number of fused-ring (bicyclic) bond motifs is 1. The smallest absolute Gasteiger partial charge is 0.226 e. The number of halogens is 1. The second-order valence-electron chi connectivity index (χ2n) is 8.29. The molecule has 7 heteroatoms. The molecule has 6 nitrogen and oxygen atoms in total. The van der Waals surface area contributed by atoms with E-state index in [1.54, 1.807) is 34.7 Å². The molecule has 0 saturated carbocycles. The van der Waals surface area contributed by atoms with Gasteiger partial charge < -0.3 is 14.0 Å². The Labute approximate surface area is 203 Å².